The highest BCUT2D eigenvalue weighted by molar-refractivity contribution is 5.98. The van der Waals surface area contributed by atoms with Gasteiger partial charge in [-0.2, -0.15) is 4.52 Å². The van der Waals surface area contributed by atoms with Crippen LogP contribution in [0.5, 0.6) is 0 Å². The molecule has 1 fully saturated rings. The molecule has 4 heterocycles. The van der Waals surface area contributed by atoms with E-state index in [-0.39, 0.29) is 42.1 Å². The highest BCUT2D eigenvalue weighted by Gasteiger charge is 2.36. The van der Waals surface area contributed by atoms with Crippen molar-refractivity contribution in [2.75, 3.05) is 10.6 Å². The van der Waals surface area contributed by atoms with Crippen molar-refractivity contribution in [1.29, 1.82) is 0 Å². The van der Waals surface area contributed by atoms with Crippen molar-refractivity contribution in [1.82, 2.24) is 24.1 Å². The molecule has 0 radical (unpaired) electrons. The fraction of sp³-hybridized carbons (Fsp3) is 0.381. The molecule has 2 amide bonds. The third kappa shape index (κ3) is 3.49. The number of pyridine rings is 1. The van der Waals surface area contributed by atoms with Crippen LogP contribution in [-0.4, -0.2) is 48.0 Å². The molecule has 2 N–H and O–H groups in total. The molecule has 0 bridgehead atoms. The summed E-state index contributed by atoms with van der Waals surface area (Å²) in [6.07, 6.45) is 3.06. The van der Waals surface area contributed by atoms with Gasteiger partial charge in [0.15, 0.2) is 5.82 Å². The predicted molar refractivity (Wildman–Crippen MR) is 114 cm³/mol. The molecule has 11 heteroatoms. The maximum Gasteiger partial charge on any atom is 0.280 e. The van der Waals surface area contributed by atoms with Gasteiger partial charge in [0.25, 0.3) is 11.5 Å². The van der Waals surface area contributed by atoms with E-state index in [2.05, 4.69) is 20.7 Å². The number of nitrogens with one attached hydrogen (secondary N) is 2. The Morgan fingerprint density at radius 3 is 2.69 bits per heavy atom. The lowest BCUT2D eigenvalue weighted by atomic mass is 10.2. The summed E-state index contributed by atoms with van der Waals surface area (Å²) >= 11 is 0. The van der Waals surface area contributed by atoms with E-state index in [1.54, 1.807) is 11.0 Å². The first kappa shape index (κ1) is 20.2. The van der Waals surface area contributed by atoms with Crippen molar-refractivity contribution < 1.29 is 14.0 Å². The molecule has 5 rings (SSSR count). The monoisotopic (exact) mass is 439 g/mol. The second-order valence-electron chi connectivity index (χ2n) is 8.37. The number of halogens is 1. The predicted octanol–water partition coefficient (Wildman–Crippen LogP) is 1.61. The normalized spacial score (nSPS) is 15.5. The molecule has 0 spiro atoms. The zero-order valence-electron chi connectivity index (χ0n) is 17.6. The number of carbonyl (C=O) groups is 2. The van der Waals surface area contributed by atoms with Gasteiger partial charge in [-0.05, 0) is 38.8 Å². The summed E-state index contributed by atoms with van der Waals surface area (Å²) in [7, 11) is 0. The average molecular weight is 439 g/mol. The van der Waals surface area contributed by atoms with Crippen LogP contribution in [0.1, 0.15) is 42.7 Å². The van der Waals surface area contributed by atoms with Crippen molar-refractivity contribution in [2.24, 2.45) is 0 Å². The van der Waals surface area contributed by atoms with E-state index < -0.39 is 11.7 Å². The first-order valence-electron chi connectivity index (χ1n) is 10.5. The maximum absolute atomic E-state index is 13.2. The second-order valence-corrected chi connectivity index (χ2v) is 8.37. The molecule has 1 aliphatic carbocycles. The molecule has 1 aliphatic heterocycles. The van der Waals surface area contributed by atoms with E-state index in [1.165, 1.54) is 21.2 Å². The van der Waals surface area contributed by atoms with Crippen molar-refractivity contribution in [2.45, 2.75) is 51.9 Å². The lowest BCUT2D eigenvalue weighted by Gasteiger charge is -2.20. The SMILES string of the molecule is CC(C)N1Cc2c(n(CC(=O)Nc3ccc(F)cn3)c3cc(NC4CC4)nn3c2=O)C1=O. The molecule has 3 aromatic heterocycles. The number of anilines is 2. The smallest absolute Gasteiger partial charge is 0.280 e. The number of rotatable bonds is 6. The quantitative estimate of drug-likeness (QED) is 0.603. The summed E-state index contributed by atoms with van der Waals surface area (Å²) in [6, 6.07) is 4.42. The molecule has 0 unspecified atom stereocenters. The van der Waals surface area contributed by atoms with Crippen LogP contribution in [0.15, 0.2) is 29.2 Å². The van der Waals surface area contributed by atoms with Gasteiger partial charge in [0.1, 0.15) is 29.5 Å². The molecule has 0 atom stereocenters. The Balaban J connectivity index is 1.57. The molecular formula is C21H22FN7O3. The van der Waals surface area contributed by atoms with E-state index in [0.29, 0.717) is 23.1 Å². The standard InChI is InChI=1S/C21H22FN7O3/c1-11(2)27-9-14-19(21(27)32)28(10-17(30)25-15-6-3-12(22)8-23-15)18-7-16(24-13-4-5-13)26-29(18)20(14)31/h3,6-8,11,13H,4-5,9-10H2,1-2H3,(H,24,26)(H,23,25,30). The van der Waals surface area contributed by atoms with Gasteiger partial charge >= 0.3 is 0 Å². The molecule has 10 nitrogen and oxygen atoms in total. The minimum Gasteiger partial charge on any atom is -0.366 e. The average Bonchev–Trinajstić information content (AvgIpc) is 3.34. The summed E-state index contributed by atoms with van der Waals surface area (Å²) in [5, 5.41) is 10.2. The summed E-state index contributed by atoms with van der Waals surface area (Å²) in [5.74, 6) is -0.580. The van der Waals surface area contributed by atoms with Gasteiger partial charge in [0, 0.05) is 18.2 Å². The van der Waals surface area contributed by atoms with Crippen LogP contribution in [0.4, 0.5) is 16.0 Å². The Labute approximate surface area is 182 Å². The first-order valence-corrected chi connectivity index (χ1v) is 10.5. The Bertz CT molecular complexity index is 1290. The van der Waals surface area contributed by atoms with Crippen LogP contribution in [0, 0.1) is 5.82 Å². The van der Waals surface area contributed by atoms with Crippen LogP contribution in [-0.2, 0) is 17.9 Å². The third-order valence-electron chi connectivity index (χ3n) is 5.61. The Hall–Kier alpha value is -3.76. The van der Waals surface area contributed by atoms with Gasteiger partial charge in [-0.1, -0.05) is 0 Å². The second kappa shape index (κ2) is 7.43. The molecule has 1 saturated carbocycles. The van der Waals surface area contributed by atoms with E-state index in [4.69, 9.17) is 0 Å². The van der Waals surface area contributed by atoms with E-state index in [9.17, 15) is 18.8 Å². The minimum absolute atomic E-state index is 0.112. The Kier molecular flexibility index (Phi) is 4.68. The van der Waals surface area contributed by atoms with Crippen LogP contribution in [0.25, 0.3) is 5.65 Å². The molecule has 0 saturated heterocycles. The molecule has 166 valence electrons. The van der Waals surface area contributed by atoms with E-state index >= 15 is 0 Å². The van der Waals surface area contributed by atoms with Gasteiger partial charge in [0.05, 0.1) is 18.3 Å². The number of carbonyl (C=O) groups excluding carboxylic acids is 2. The number of nitrogens with zero attached hydrogens (tertiary/aromatic N) is 5. The number of fused-ring (bicyclic) bond motifs is 2. The topological polar surface area (TPSA) is 114 Å². The number of hydrogen-bond donors (Lipinski definition) is 2. The summed E-state index contributed by atoms with van der Waals surface area (Å²) in [6.45, 7) is 3.66. The van der Waals surface area contributed by atoms with Crippen LogP contribution < -0.4 is 16.2 Å². The largest absolute Gasteiger partial charge is 0.366 e. The van der Waals surface area contributed by atoms with Gasteiger partial charge in [-0.3, -0.25) is 14.4 Å². The Morgan fingerprint density at radius 1 is 1.25 bits per heavy atom. The zero-order valence-corrected chi connectivity index (χ0v) is 17.6. The molecule has 0 aromatic carbocycles. The first-order chi connectivity index (χ1) is 15.3. The van der Waals surface area contributed by atoms with Crippen LogP contribution in [0.3, 0.4) is 0 Å². The van der Waals surface area contributed by atoms with Crippen molar-refractivity contribution >= 4 is 29.1 Å². The summed E-state index contributed by atoms with van der Waals surface area (Å²) in [4.78, 5) is 44.5. The molecule has 32 heavy (non-hydrogen) atoms. The number of aromatic nitrogens is 4. The van der Waals surface area contributed by atoms with E-state index in [0.717, 1.165) is 19.0 Å². The van der Waals surface area contributed by atoms with Crippen molar-refractivity contribution in [3.8, 4) is 0 Å². The summed E-state index contributed by atoms with van der Waals surface area (Å²) in [5.41, 5.74) is 0.478. The van der Waals surface area contributed by atoms with Crippen LogP contribution in [0.2, 0.25) is 0 Å². The fourth-order valence-corrected chi connectivity index (χ4v) is 3.84. The lowest BCUT2D eigenvalue weighted by molar-refractivity contribution is -0.116. The lowest BCUT2D eigenvalue weighted by Crippen LogP contribution is -2.32. The van der Waals surface area contributed by atoms with Crippen molar-refractivity contribution in [3.05, 3.63) is 51.8 Å². The summed E-state index contributed by atoms with van der Waals surface area (Å²) < 4.78 is 15.9. The van der Waals surface area contributed by atoms with Gasteiger partial charge in [-0.25, -0.2) is 9.37 Å². The van der Waals surface area contributed by atoms with Crippen LogP contribution >= 0.6 is 0 Å². The van der Waals surface area contributed by atoms with Gasteiger partial charge in [-0.15, -0.1) is 5.10 Å². The third-order valence-corrected chi connectivity index (χ3v) is 5.61. The molecular weight excluding hydrogens is 417 g/mol. The maximum atomic E-state index is 13.2. The minimum atomic E-state index is -0.516. The molecule has 2 aliphatic rings. The van der Waals surface area contributed by atoms with E-state index in [1.807, 2.05) is 13.8 Å². The Morgan fingerprint density at radius 2 is 2.03 bits per heavy atom. The zero-order chi connectivity index (χ0) is 22.6. The number of hydrogen-bond acceptors (Lipinski definition) is 6. The highest BCUT2D eigenvalue weighted by Crippen LogP contribution is 2.27. The molecule has 3 aromatic rings. The highest BCUT2D eigenvalue weighted by atomic mass is 19.1. The van der Waals surface area contributed by atoms with Gasteiger partial charge in [0.2, 0.25) is 5.91 Å². The fourth-order valence-electron chi connectivity index (χ4n) is 3.84. The van der Waals surface area contributed by atoms with Crippen molar-refractivity contribution in [3.63, 3.8) is 0 Å². The number of amides is 2. The van der Waals surface area contributed by atoms with Gasteiger partial charge < -0.3 is 20.1 Å².